The van der Waals surface area contributed by atoms with E-state index >= 15 is 0 Å². The van der Waals surface area contributed by atoms with E-state index in [-0.39, 0.29) is 10.0 Å². The summed E-state index contributed by atoms with van der Waals surface area (Å²) in [4.78, 5) is 12.2. The van der Waals surface area contributed by atoms with Gasteiger partial charge in [-0.25, -0.2) is 4.39 Å². The molecule has 0 aromatic heterocycles. The second kappa shape index (κ2) is 7.40. The van der Waals surface area contributed by atoms with E-state index in [4.69, 9.17) is 11.6 Å². The van der Waals surface area contributed by atoms with Crippen molar-refractivity contribution >= 4 is 45.2 Å². The van der Waals surface area contributed by atoms with E-state index in [2.05, 4.69) is 21.2 Å². The molecular formula is C17H11BrClFN2O. The molecule has 0 unspecified atom stereocenters. The van der Waals surface area contributed by atoms with Gasteiger partial charge in [-0.05, 0) is 64.3 Å². The highest BCUT2D eigenvalue weighted by Gasteiger charge is 2.12. The van der Waals surface area contributed by atoms with Gasteiger partial charge < -0.3 is 5.32 Å². The van der Waals surface area contributed by atoms with Crippen LogP contribution in [0.25, 0.3) is 6.08 Å². The van der Waals surface area contributed by atoms with Crippen molar-refractivity contribution in [1.82, 2.24) is 0 Å². The Morgan fingerprint density at radius 2 is 2.13 bits per heavy atom. The van der Waals surface area contributed by atoms with Gasteiger partial charge in [-0.3, -0.25) is 4.79 Å². The molecule has 0 aliphatic carbocycles. The summed E-state index contributed by atoms with van der Waals surface area (Å²) in [5, 5.41) is 12.4. The Labute approximate surface area is 146 Å². The van der Waals surface area contributed by atoms with Crippen LogP contribution in [0.4, 0.5) is 10.1 Å². The highest BCUT2D eigenvalue weighted by atomic mass is 79.9. The first-order valence-corrected chi connectivity index (χ1v) is 7.73. The third kappa shape index (κ3) is 4.19. The molecule has 116 valence electrons. The largest absolute Gasteiger partial charge is 0.321 e. The van der Waals surface area contributed by atoms with Crippen LogP contribution in [0.5, 0.6) is 0 Å². The van der Waals surface area contributed by atoms with Gasteiger partial charge in [0.2, 0.25) is 0 Å². The van der Waals surface area contributed by atoms with Gasteiger partial charge in [0, 0.05) is 10.7 Å². The molecule has 0 bridgehead atoms. The summed E-state index contributed by atoms with van der Waals surface area (Å²) in [6.07, 6.45) is 1.39. The Morgan fingerprint density at radius 1 is 1.39 bits per heavy atom. The number of amides is 1. The Morgan fingerprint density at radius 3 is 2.78 bits per heavy atom. The fourth-order valence-electron chi connectivity index (χ4n) is 1.85. The zero-order chi connectivity index (χ0) is 17.0. The van der Waals surface area contributed by atoms with Crippen LogP contribution in [0.3, 0.4) is 0 Å². The zero-order valence-corrected chi connectivity index (χ0v) is 14.4. The average molecular weight is 394 g/mol. The number of rotatable bonds is 3. The van der Waals surface area contributed by atoms with Crippen molar-refractivity contribution in [2.24, 2.45) is 0 Å². The molecule has 2 rings (SSSR count). The van der Waals surface area contributed by atoms with Gasteiger partial charge >= 0.3 is 0 Å². The predicted octanol–water partition coefficient (Wildman–Crippen LogP) is 5.10. The molecule has 23 heavy (non-hydrogen) atoms. The van der Waals surface area contributed by atoms with Crippen LogP contribution in [0.1, 0.15) is 11.1 Å². The Bertz CT molecular complexity index is 843. The van der Waals surface area contributed by atoms with Crippen LogP contribution >= 0.6 is 27.5 Å². The van der Waals surface area contributed by atoms with Crippen molar-refractivity contribution in [2.45, 2.75) is 6.92 Å². The highest BCUT2D eigenvalue weighted by molar-refractivity contribution is 9.10. The summed E-state index contributed by atoms with van der Waals surface area (Å²) < 4.78 is 13.5. The van der Waals surface area contributed by atoms with Crippen LogP contribution in [0.2, 0.25) is 5.02 Å². The maximum Gasteiger partial charge on any atom is 0.266 e. The molecule has 0 atom stereocenters. The number of benzene rings is 2. The number of nitriles is 1. The Balaban J connectivity index is 2.28. The molecule has 2 aromatic rings. The van der Waals surface area contributed by atoms with Crippen molar-refractivity contribution in [2.75, 3.05) is 5.32 Å². The normalized spacial score (nSPS) is 11.0. The number of nitrogens with one attached hydrogen (secondary N) is 1. The molecular weight excluding hydrogens is 383 g/mol. The Hall–Kier alpha value is -2.16. The molecule has 0 aliphatic rings. The molecule has 6 heteroatoms. The van der Waals surface area contributed by atoms with Crippen molar-refractivity contribution in [3.63, 3.8) is 0 Å². The van der Waals surface area contributed by atoms with E-state index in [1.54, 1.807) is 25.1 Å². The number of anilines is 1. The highest BCUT2D eigenvalue weighted by Crippen LogP contribution is 2.24. The minimum absolute atomic E-state index is 0.0946. The summed E-state index contributed by atoms with van der Waals surface area (Å²) in [5.74, 6) is -0.974. The minimum Gasteiger partial charge on any atom is -0.321 e. The van der Waals surface area contributed by atoms with Gasteiger partial charge in [-0.15, -0.1) is 0 Å². The summed E-state index contributed by atoms with van der Waals surface area (Å²) >= 11 is 9.06. The summed E-state index contributed by atoms with van der Waals surface area (Å²) in [6, 6.07) is 11.2. The third-order valence-corrected chi connectivity index (χ3v) is 4.15. The maximum atomic E-state index is 13.2. The number of hydrogen-bond acceptors (Lipinski definition) is 2. The lowest BCUT2D eigenvalue weighted by Crippen LogP contribution is -2.14. The molecule has 0 saturated carbocycles. The van der Waals surface area contributed by atoms with Crippen molar-refractivity contribution < 1.29 is 9.18 Å². The molecule has 0 heterocycles. The van der Waals surface area contributed by atoms with Gasteiger partial charge in [-0.1, -0.05) is 23.7 Å². The molecule has 0 saturated heterocycles. The number of halogens is 3. The van der Waals surface area contributed by atoms with E-state index in [1.807, 2.05) is 6.07 Å². The molecule has 0 spiro atoms. The van der Waals surface area contributed by atoms with E-state index < -0.39 is 11.7 Å². The average Bonchev–Trinajstić information content (AvgIpc) is 2.52. The first-order chi connectivity index (χ1) is 10.9. The molecule has 0 fully saturated rings. The van der Waals surface area contributed by atoms with Crippen molar-refractivity contribution in [3.8, 4) is 6.07 Å². The van der Waals surface area contributed by atoms with E-state index in [0.29, 0.717) is 21.8 Å². The zero-order valence-electron chi connectivity index (χ0n) is 12.0. The fraction of sp³-hybridized carbons (Fsp3) is 0.0588. The van der Waals surface area contributed by atoms with E-state index in [0.717, 1.165) is 0 Å². The SMILES string of the molecule is Cc1c(Cl)cccc1NC(=O)/C(C#N)=C/c1ccc(F)c(Br)c1. The van der Waals surface area contributed by atoms with Gasteiger partial charge in [0.05, 0.1) is 4.47 Å². The second-order valence-corrected chi connectivity index (χ2v) is 5.97. The number of carbonyl (C=O) groups excluding carboxylic acids is 1. The lowest BCUT2D eigenvalue weighted by molar-refractivity contribution is -0.112. The van der Waals surface area contributed by atoms with Crippen molar-refractivity contribution in [1.29, 1.82) is 5.26 Å². The van der Waals surface area contributed by atoms with Gasteiger partial charge in [0.25, 0.3) is 5.91 Å². The topological polar surface area (TPSA) is 52.9 Å². The molecule has 1 amide bonds. The van der Waals surface area contributed by atoms with Gasteiger partial charge in [0.1, 0.15) is 17.5 Å². The van der Waals surface area contributed by atoms with Gasteiger partial charge in [0.15, 0.2) is 0 Å². The van der Waals surface area contributed by atoms with Crippen molar-refractivity contribution in [3.05, 3.63) is 68.4 Å². The predicted molar refractivity (Wildman–Crippen MR) is 92.5 cm³/mol. The summed E-state index contributed by atoms with van der Waals surface area (Å²) in [6.45, 7) is 1.77. The Kier molecular flexibility index (Phi) is 5.54. The lowest BCUT2D eigenvalue weighted by atomic mass is 10.1. The third-order valence-electron chi connectivity index (χ3n) is 3.14. The number of hydrogen-bond donors (Lipinski definition) is 1. The maximum absolute atomic E-state index is 13.2. The summed E-state index contributed by atoms with van der Waals surface area (Å²) in [7, 11) is 0. The molecule has 0 aliphatic heterocycles. The first kappa shape index (κ1) is 17.2. The monoisotopic (exact) mass is 392 g/mol. The van der Waals surface area contributed by atoms with Crippen LogP contribution < -0.4 is 5.32 Å². The fourth-order valence-corrected chi connectivity index (χ4v) is 2.42. The van der Waals surface area contributed by atoms with E-state index in [1.165, 1.54) is 24.3 Å². The molecule has 3 nitrogen and oxygen atoms in total. The van der Waals surface area contributed by atoms with E-state index in [9.17, 15) is 14.4 Å². The number of nitrogens with zero attached hydrogens (tertiary/aromatic N) is 1. The van der Waals surface area contributed by atoms with Crippen LogP contribution in [0, 0.1) is 24.1 Å². The molecule has 0 radical (unpaired) electrons. The molecule has 1 N–H and O–H groups in total. The lowest BCUT2D eigenvalue weighted by Gasteiger charge is -2.09. The van der Waals surface area contributed by atoms with Crippen LogP contribution in [-0.2, 0) is 4.79 Å². The van der Waals surface area contributed by atoms with Crippen LogP contribution in [0.15, 0.2) is 46.4 Å². The second-order valence-electron chi connectivity index (χ2n) is 4.71. The number of carbonyl (C=O) groups is 1. The van der Waals surface area contributed by atoms with Crippen LogP contribution in [-0.4, -0.2) is 5.91 Å². The van der Waals surface area contributed by atoms with Gasteiger partial charge in [-0.2, -0.15) is 5.26 Å². The standard InChI is InChI=1S/C17H11BrClFN2O/c1-10-14(19)3-2-4-16(10)22-17(23)12(9-21)7-11-5-6-15(20)13(18)8-11/h2-8H,1H3,(H,22,23)/b12-7+. The minimum atomic E-state index is -0.557. The smallest absolute Gasteiger partial charge is 0.266 e. The molecule has 2 aromatic carbocycles. The first-order valence-electron chi connectivity index (χ1n) is 6.55. The quantitative estimate of drug-likeness (QED) is 0.583. The summed E-state index contributed by atoms with van der Waals surface area (Å²) in [5.41, 5.74) is 1.68.